The summed E-state index contributed by atoms with van der Waals surface area (Å²) in [6.07, 6.45) is 0.442. The molecule has 1 aromatic heterocycles. The summed E-state index contributed by atoms with van der Waals surface area (Å²) in [6, 6.07) is 0. The van der Waals surface area contributed by atoms with E-state index in [0.717, 1.165) is 11.3 Å². The first-order valence-electron chi connectivity index (χ1n) is 8.17. The maximum Gasteiger partial charge on any atom is 0.341 e. The van der Waals surface area contributed by atoms with Gasteiger partial charge < -0.3 is 14.8 Å². The Balaban J connectivity index is 2.23. The van der Waals surface area contributed by atoms with Gasteiger partial charge in [-0.05, 0) is 32.8 Å². The van der Waals surface area contributed by atoms with Gasteiger partial charge in [0.05, 0.1) is 42.8 Å². The minimum Gasteiger partial charge on any atom is -0.462 e. The van der Waals surface area contributed by atoms with Crippen molar-refractivity contribution in [2.45, 2.75) is 45.5 Å². The van der Waals surface area contributed by atoms with Crippen LogP contribution in [-0.4, -0.2) is 45.4 Å². The number of carbonyl (C=O) groups is 2. The molecule has 0 aromatic carbocycles. The van der Waals surface area contributed by atoms with E-state index in [9.17, 15) is 18.0 Å². The van der Waals surface area contributed by atoms with Crippen LogP contribution in [0.15, 0.2) is 0 Å². The summed E-state index contributed by atoms with van der Waals surface area (Å²) in [6.45, 7) is 5.94. The Bertz CT molecular complexity index is 751. The Morgan fingerprint density at radius 3 is 2.68 bits per heavy atom. The third kappa shape index (κ3) is 5.26. The maximum absolute atomic E-state index is 12.3. The lowest BCUT2D eigenvalue weighted by molar-refractivity contribution is -0.117. The zero-order valence-electron chi connectivity index (χ0n) is 14.6. The number of sulfone groups is 1. The Kier molecular flexibility index (Phi) is 6.59. The van der Waals surface area contributed by atoms with E-state index < -0.39 is 15.8 Å². The molecule has 140 valence electrons. The molecule has 1 aliphatic rings. The second-order valence-electron chi connectivity index (χ2n) is 5.99. The van der Waals surface area contributed by atoms with Gasteiger partial charge in [0, 0.05) is 4.88 Å². The lowest BCUT2D eigenvalue weighted by Gasteiger charge is -2.13. The zero-order valence-corrected chi connectivity index (χ0v) is 16.2. The first-order valence-corrected chi connectivity index (χ1v) is 10.8. The number of ether oxygens (including phenoxy) is 2. The molecule has 1 N–H and O–H groups in total. The summed E-state index contributed by atoms with van der Waals surface area (Å²) >= 11 is 1.13. The van der Waals surface area contributed by atoms with Crippen LogP contribution in [-0.2, 0) is 36.3 Å². The van der Waals surface area contributed by atoms with Crippen molar-refractivity contribution >= 4 is 38.1 Å². The topological polar surface area (TPSA) is 98.8 Å². The van der Waals surface area contributed by atoms with E-state index in [2.05, 4.69) is 5.32 Å². The van der Waals surface area contributed by atoms with Crippen molar-refractivity contribution < 1.29 is 27.5 Å². The van der Waals surface area contributed by atoms with Gasteiger partial charge in [-0.1, -0.05) is 0 Å². The molecule has 2 rings (SSSR count). The molecular weight excluding hydrogens is 366 g/mol. The third-order valence-electron chi connectivity index (χ3n) is 3.62. The number of rotatable bonds is 7. The summed E-state index contributed by atoms with van der Waals surface area (Å²) in [5.41, 5.74) is 0.960. The van der Waals surface area contributed by atoms with Gasteiger partial charge in [-0.2, -0.15) is 0 Å². The second-order valence-corrected chi connectivity index (χ2v) is 9.28. The molecule has 0 aliphatic carbocycles. The van der Waals surface area contributed by atoms with Crippen molar-refractivity contribution in [3.05, 3.63) is 16.0 Å². The molecule has 0 atom stereocenters. The molecule has 0 unspecified atom stereocenters. The normalized spacial score (nSPS) is 15.7. The molecule has 1 aromatic rings. The number of hydrogen-bond donors (Lipinski definition) is 1. The standard InChI is InChI=1S/C16H23NO6S2/c1-4-22-16(19)14-11-6-8-25(20,21)9-12(11)24-15(14)17-13(18)5-7-23-10(2)3/h10H,4-9H2,1-3H3,(H,17,18). The fraction of sp³-hybridized carbons (Fsp3) is 0.625. The van der Waals surface area contributed by atoms with Crippen LogP contribution in [0.25, 0.3) is 0 Å². The van der Waals surface area contributed by atoms with Crippen LogP contribution in [0.1, 0.15) is 48.0 Å². The predicted molar refractivity (Wildman–Crippen MR) is 95.8 cm³/mol. The van der Waals surface area contributed by atoms with Gasteiger partial charge in [0.25, 0.3) is 0 Å². The molecule has 0 fully saturated rings. The van der Waals surface area contributed by atoms with E-state index in [1.807, 2.05) is 13.8 Å². The summed E-state index contributed by atoms with van der Waals surface area (Å²) in [7, 11) is -3.16. The van der Waals surface area contributed by atoms with Gasteiger partial charge in [0.15, 0.2) is 9.84 Å². The number of fused-ring (bicyclic) bond motifs is 1. The van der Waals surface area contributed by atoms with Crippen LogP contribution >= 0.6 is 11.3 Å². The predicted octanol–water partition coefficient (Wildman–Crippen LogP) is 2.15. The Hall–Kier alpha value is -1.45. The van der Waals surface area contributed by atoms with Crippen LogP contribution in [0.2, 0.25) is 0 Å². The average Bonchev–Trinajstić information content (AvgIpc) is 2.82. The highest BCUT2D eigenvalue weighted by Crippen LogP contribution is 2.38. The molecule has 0 radical (unpaired) electrons. The van der Waals surface area contributed by atoms with E-state index >= 15 is 0 Å². The van der Waals surface area contributed by atoms with Crippen molar-refractivity contribution in [2.75, 3.05) is 24.3 Å². The Morgan fingerprint density at radius 2 is 2.04 bits per heavy atom. The second kappa shape index (κ2) is 8.29. The largest absolute Gasteiger partial charge is 0.462 e. The SMILES string of the molecule is CCOC(=O)c1c(NC(=O)CCOC(C)C)sc2c1CCS(=O)(=O)C2. The molecule has 0 spiro atoms. The minimum absolute atomic E-state index is 0.00124. The highest BCUT2D eigenvalue weighted by Gasteiger charge is 2.31. The fourth-order valence-corrected chi connectivity index (χ4v) is 5.56. The van der Waals surface area contributed by atoms with E-state index in [-0.39, 0.29) is 55.1 Å². The summed E-state index contributed by atoms with van der Waals surface area (Å²) in [5, 5.41) is 3.07. The summed E-state index contributed by atoms with van der Waals surface area (Å²) in [4.78, 5) is 25.0. The van der Waals surface area contributed by atoms with Crippen LogP contribution in [0.4, 0.5) is 5.00 Å². The molecular formula is C16H23NO6S2. The number of hydrogen-bond acceptors (Lipinski definition) is 7. The lowest BCUT2D eigenvalue weighted by Crippen LogP contribution is -2.20. The van der Waals surface area contributed by atoms with Gasteiger partial charge in [0.2, 0.25) is 5.91 Å². The van der Waals surface area contributed by atoms with Gasteiger partial charge in [-0.15, -0.1) is 11.3 Å². The smallest absolute Gasteiger partial charge is 0.341 e. The van der Waals surface area contributed by atoms with Crippen molar-refractivity contribution in [1.82, 2.24) is 0 Å². The van der Waals surface area contributed by atoms with E-state index in [1.165, 1.54) is 0 Å². The molecule has 9 heteroatoms. The third-order valence-corrected chi connectivity index (χ3v) is 6.50. The van der Waals surface area contributed by atoms with E-state index in [0.29, 0.717) is 15.4 Å². The van der Waals surface area contributed by atoms with Crippen LogP contribution < -0.4 is 5.32 Å². The Labute approximate surface area is 151 Å². The minimum atomic E-state index is -3.16. The molecule has 0 saturated heterocycles. The zero-order chi connectivity index (χ0) is 18.6. The van der Waals surface area contributed by atoms with Gasteiger partial charge >= 0.3 is 5.97 Å². The summed E-state index contributed by atoms with van der Waals surface area (Å²) in [5.74, 6) is -0.925. The van der Waals surface area contributed by atoms with Crippen molar-refractivity contribution in [2.24, 2.45) is 0 Å². The molecule has 0 bridgehead atoms. The van der Waals surface area contributed by atoms with Crippen LogP contribution in [0.5, 0.6) is 0 Å². The van der Waals surface area contributed by atoms with Crippen molar-refractivity contribution in [3.8, 4) is 0 Å². The molecule has 0 saturated carbocycles. The molecule has 1 aliphatic heterocycles. The van der Waals surface area contributed by atoms with Crippen LogP contribution in [0.3, 0.4) is 0 Å². The number of nitrogens with one attached hydrogen (secondary N) is 1. The molecule has 7 nitrogen and oxygen atoms in total. The first-order chi connectivity index (χ1) is 11.7. The highest BCUT2D eigenvalue weighted by atomic mass is 32.2. The number of amides is 1. The number of anilines is 1. The summed E-state index contributed by atoms with van der Waals surface area (Å²) < 4.78 is 34.1. The molecule has 25 heavy (non-hydrogen) atoms. The van der Waals surface area contributed by atoms with Gasteiger partial charge in [-0.3, -0.25) is 4.79 Å². The monoisotopic (exact) mass is 389 g/mol. The lowest BCUT2D eigenvalue weighted by atomic mass is 10.1. The van der Waals surface area contributed by atoms with Crippen molar-refractivity contribution in [1.29, 1.82) is 0 Å². The van der Waals surface area contributed by atoms with E-state index in [4.69, 9.17) is 9.47 Å². The average molecular weight is 389 g/mol. The number of thiophene rings is 1. The van der Waals surface area contributed by atoms with Crippen LogP contribution in [0, 0.1) is 0 Å². The number of esters is 1. The maximum atomic E-state index is 12.3. The fourth-order valence-electron chi connectivity index (χ4n) is 2.51. The van der Waals surface area contributed by atoms with E-state index in [1.54, 1.807) is 6.92 Å². The number of carbonyl (C=O) groups excluding carboxylic acids is 2. The highest BCUT2D eigenvalue weighted by molar-refractivity contribution is 7.90. The molecule has 1 amide bonds. The molecule has 2 heterocycles. The van der Waals surface area contributed by atoms with Gasteiger partial charge in [-0.25, -0.2) is 13.2 Å². The Morgan fingerprint density at radius 1 is 1.32 bits per heavy atom. The van der Waals surface area contributed by atoms with Crippen molar-refractivity contribution in [3.63, 3.8) is 0 Å². The quantitative estimate of drug-likeness (QED) is 0.718. The van der Waals surface area contributed by atoms with Gasteiger partial charge in [0.1, 0.15) is 5.00 Å². The first kappa shape index (κ1) is 19.9.